The maximum atomic E-state index is 13.7. The molecule has 0 saturated carbocycles. The minimum absolute atomic E-state index is 0.259. The van der Waals surface area contributed by atoms with E-state index < -0.39 is 0 Å². The molecule has 1 heterocycles. The number of nitrogens with one attached hydrogen (secondary N) is 2. The van der Waals surface area contributed by atoms with Gasteiger partial charge in [0.15, 0.2) is 0 Å². The van der Waals surface area contributed by atoms with Gasteiger partial charge in [-0.2, -0.15) is 10.2 Å². The summed E-state index contributed by atoms with van der Waals surface area (Å²) in [5, 5.41) is 15.0. The molecule has 3 rings (SSSR count). The maximum absolute atomic E-state index is 13.7. The zero-order valence-electron chi connectivity index (χ0n) is 12.0. The Bertz CT molecular complexity index is 873. The first-order chi connectivity index (χ1) is 11.3. The molecule has 0 atom stereocenters. The van der Waals surface area contributed by atoms with Crippen molar-refractivity contribution in [2.24, 2.45) is 0 Å². The highest BCUT2D eigenvalue weighted by Gasteiger charge is 2.06. The molecule has 2 N–H and O–H groups in total. The summed E-state index contributed by atoms with van der Waals surface area (Å²) in [6.45, 7) is 0. The van der Waals surface area contributed by atoms with Crippen LogP contribution in [0.1, 0.15) is 5.56 Å². The topological polar surface area (TPSA) is 73.6 Å². The quantitative estimate of drug-likeness (QED) is 0.763. The van der Waals surface area contributed by atoms with E-state index in [9.17, 15) is 4.39 Å². The number of rotatable bonds is 4. The molecule has 0 bridgehead atoms. The smallest absolute Gasteiger partial charge is 0.229 e. The molecule has 0 radical (unpaired) electrons. The van der Waals surface area contributed by atoms with Crippen molar-refractivity contribution in [2.45, 2.75) is 0 Å². The normalized spacial score (nSPS) is 9.91. The number of nitrogens with zero attached hydrogens (tertiary/aromatic N) is 3. The number of hydrogen-bond donors (Lipinski definition) is 2. The Morgan fingerprint density at radius 2 is 1.65 bits per heavy atom. The van der Waals surface area contributed by atoms with Crippen LogP contribution in [0.3, 0.4) is 0 Å². The van der Waals surface area contributed by atoms with E-state index in [-0.39, 0.29) is 11.8 Å². The highest BCUT2D eigenvalue weighted by molar-refractivity contribution is 5.65. The van der Waals surface area contributed by atoms with Crippen molar-refractivity contribution in [3.05, 3.63) is 72.2 Å². The zero-order chi connectivity index (χ0) is 16.1. The van der Waals surface area contributed by atoms with Gasteiger partial charge in [-0.25, -0.2) is 9.37 Å². The summed E-state index contributed by atoms with van der Waals surface area (Å²) in [4.78, 5) is 8.34. The summed E-state index contributed by atoms with van der Waals surface area (Å²) in [6.07, 6.45) is 1.55. The van der Waals surface area contributed by atoms with E-state index in [0.29, 0.717) is 22.8 Å². The van der Waals surface area contributed by atoms with Crippen molar-refractivity contribution in [3.63, 3.8) is 0 Å². The first-order valence-electron chi connectivity index (χ1n) is 6.87. The molecule has 2 aromatic carbocycles. The molecule has 0 unspecified atom stereocenters. The molecule has 0 aliphatic rings. The highest BCUT2D eigenvalue weighted by Crippen LogP contribution is 2.21. The second kappa shape index (κ2) is 6.54. The van der Waals surface area contributed by atoms with Gasteiger partial charge in [-0.15, -0.1) is 0 Å². The van der Waals surface area contributed by atoms with Gasteiger partial charge in [0.25, 0.3) is 0 Å². The Labute approximate surface area is 132 Å². The lowest BCUT2D eigenvalue weighted by Crippen LogP contribution is -2.02. The molecule has 0 aliphatic heterocycles. The summed E-state index contributed by atoms with van der Waals surface area (Å²) < 4.78 is 13.7. The number of nitriles is 1. The fourth-order valence-electron chi connectivity index (χ4n) is 2.00. The summed E-state index contributed by atoms with van der Waals surface area (Å²) in [7, 11) is 0. The third-order valence-electron chi connectivity index (χ3n) is 3.09. The summed E-state index contributed by atoms with van der Waals surface area (Å²) in [6, 6.07) is 17.2. The molecule has 0 aliphatic carbocycles. The van der Waals surface area contributed by atoms with Crippen LogP contribution in [0.25, 0.3) is 0 Å². The minimum atomic E-state index is -0.385. The standard InChI is InChI=1S/C17H12FN5/c18-13-6-2-4-8-15(13)22-17-20-10-9-16(23-17)21-14-7-3-1-5-12(14)11-19/h1-10H,(H2,20,21,22,23). The van der Waals surface area contributed by atoms with E-state index >= 15 is 0 Å². The van der Waals surface area contributed by atoms with Crippen LogP contribution in [-0.4, -0.2) is 9.97 Å². The predicted octanol–water partition coefficient (Wildman–Crippen LogP) is 3.97. The van der Waals surface area contributed by atoms with Gasteiger partial charge in [-0.3, -0.25) is 0 Å². The van der Waals surface area contributed by atoms with E-state index in [2.05, 4.69) is 26.7 Å². The Kier molecular flexibility index (Phi) is 4.11. The fraction of sp³-hybridized carbons (Fsp3) is 0. The van der Waals surface area contributed by atoms with E-state index in [4.69, 9.17) is 5.26 Å². The number of benzene rings is 2. The maximum Gasteiger partial charge on any atom is 0.229 e. The number of aromatic nitrogens is 2. The van der Waals surface area contributed by atoms with Crippen molar-refractivity contribution in [1.82, 2.24) is 9.97 Å². The lowest BCUT2D eigenvalue weighted by molar-refractivity contribution is 0.631. The monoisotopic (exact) mass is 305 g/mol. The average Bonchev–Trinajstić information content (AvgIpc) is 2.58. The molecule has 23 heavy (non-hydrogen) atoms. The molecule has 0 saturated heterocycles. The molecule has 0 amide bonds. The van der Waals surface area contributed by atoms with Gasteiger partial charge < -0.3 is 10.6 Å². The van der Waals surface area contributed by atoms with E-state index in [1.165, 1.54) is 6.07 Å². The molecule has 0 fully saturated rings. The third kappa shape index (κ3) is 3.41. The lowest BCUT2D eigenvalue weighted by Gasteiger charge is -2.09. The SMILES string of the molecule is N#Cc1ccccc1Nc1ccnc(Nc2ccccc2F)n1. The third-order valence-corrected chi connectivity index (χ3v) is 3.09. The highest BCUT2D eigenvalue weighted by atomic mass is 19.1. The Morgan fingerprint density at radius 1 is 0.913 bits per heavy atom. The first kappa shape index (κ1) is 14.5. The summed E-state index contributed by atoms with van der Waals surface area (Å²) >= 11 is 0. The van der Waals surface area contributed by atoms with Crippen LogP contribution in [0.15, 0.2) is 60.8 Å². The first-order valence-corrected chi connectivity index (χ1v) is 6.87. The second-order valence-corrected chi connectivity index (χ2v) is 4.65. The van der Waals surface area contributed by atoms with Gasteiger partial charge in [0.2, 0.25) is 5.95 Å². The molecular weight excluding hydrogens is 293 g/mol. The van der Waals surface area contributed by atoms with E-state index in [1.54, 1.807) is 48.7 Å². The molecule has 6 heteroatoms. The zero-order valence-corrected chi connectivity index (χ0v) is 12.0. The fourth-order valence-corrected chi connectivity index (χ4v) is 2.00. The molecule has 1 aromatic heterocycles. The van der Waals surface area contributed by atoms with Gasteiger partial charge in [0.1, 0.15) is 17.7 Å². The number of halogens is 1. The second-order valence-electron chi connectivity index (χ2n) is 4.65. The van der Waals surface area contributed by atoms with Gasteiger partial charge in [0.05, 0.1) is 16.9 Å². The van der Waals surface area contributed by atoms with Crippen LogP contribution in [0.4, 0.5) is 27.5 Å². The number of para-hydroxylation sites is 2. The van der Waals surface area contributed by atoms with Crippen molar-refractivity contribution in [2.75, 3.05) is 10.6 Å². The average molecular weight is 305 g/mol. The van der Waals surface area contributed by atoms with E-state index in [0.717, 1.165) is 0 Å². The number of hydrogen-bond acceptors (Lipinski definition) is 5. The van der Waals surface area contributed by atoms with Crippen LogP contribution in [-0.2, 0) is 0 Å². The van der Waals surface area contributed by atoms with Crippen LogP contribution < -0.4 is 10.6 Å². The van der Waals surface area contributed by atoms with Crippen molar-refractivity contribution in [3.8, 4) is 6.07 Å². The summed E-state index contributed by atoms with van der Waals surface area (Å²) in [5.41, 5.74) is 1.45. The minimum Gasteiger partial charge on any atom is -0.339 e. The van der Waals surface area contributed by atoms with Crippen molar-refractivity contribution >= 4 is 23.1 Å². The molecule has 0 spiro atoms. The van der Waals surface area contributed by atoms with Crippen LogP contribution in [0.5, 0.6) is 0 Å². The van der Waals surface area contributed by atoms with Gasteiger partial charge in [-0.05, 0) is 30.3 Å². The molecule has 112 valence electrons. The number of anilines is 4. The van der Waals surface area contributed by atoms with Crippen LogP contribution >= 0.6 is 0 Å². The predicted molar refractivity (Wildman–Crippen MR) is 86.2 cm³/mol. The van der Waals surface area contributed by atoms with E-state index in [1.807, 2.05) is 6.07 Å². The molecule has 3 aromatic rings. The molecule has 5 nitrogen and oxygen atoms in total. The summed E-state index contributed by atoms with van der Waals surface area (Å²) in [5.74, 6) is 0.375. The lowest BCUT2D eigenvalue weighted by atomic mass is 10.2. The Hall–Kier alpha value is -3.46. The van der Waals surface area contributed by atoms with Gasteiger partial charge in [-0.1, -0.05) is 24.3 Å². The Balaban J connectivity index is 1.83. The van der Waals surface area contributed by atoms with Crippen molar-refractivity contribution in [1.29, 1.82) is 5.26 Å². The Morgan fingerprint density at radius 3 is 2.43 bits per heavy atom. The van der Waals surface area contributed by atoms with Gasteiger partial charge >= 0.3 is 0 Å². The van der Waals surface area contributed by atoms with Crippen LogP contribution in [0, 0.1) is 17.1 Å². The van der Waals surface area contributed by atoms with Crippen LogP contribution in [0.2, 0.25) is 0 Å². The van der Waals surface area contributed by atoms with Crippen molar-refractivity contribution < 1.29 is 4.39 Å². The largest absolute Gasteiger partial charge is 0.339 e. The molecular formula is C17H12FN5. The van der Waals surface area contributed by atoms with Gasteiger partial charge in [0, 0.05) is 6.20 Å².